The molecule has 0 spiro atoms. The summed E-state index contributed by atoms with van der Waals surface area (Å²) in [6.07, 6.45) is 0.769. The molecule has 0 fully saturated rings. The molecule has 0 aliphatic rings. The van der Waals surface area contributed by atoms with Gasteiger partial charge in [-0.1, -0.05) is 46.2 Å². The summed E-state index contributed by atoms with van der Waals surface area (Å²) in [6.45, 7) is 9.97. The van der Waals surface area contributed by atoms with Gasteiger partial charge < -0.3 is 4.74 Å². The minimum absolute atomic E-state index is 0.312. The fourth-order valence-corrected chi connectivity index (χ4v) is 1.36. The second-order valence-electron chi connectivity index (χ2n) is 2.65. The average Bonchev–Trinajstić information content (AvgIpc) is 2.42. The topological polar surface area (TPSA) is 26.3 Å². The predicted octanol–water partition coefficient (Wildman–Crippen LogP) is 4.74. The minimum atomic E-state index is -0.312. The summed E-state index contributed by atoms with van der Waals surface area (Å²) in [5.74, 6) is -0.312. The van der Waals surface area contributed by atoms with Gasteiger partial charge in [-0.05, 0) is 30.2 Å². The number of hydrogen-bond acceptors (Lipinski definition) is 2. The van der Waals surface area contributed by atoms with Gasteiger partial charge in [0, 0.05) is 5.02 Å². The molecule has 0 aromatic heterocycles. The van der Waals surface area contributed by atoms with Crippen LogP contribution in [0, 0.1) is 0 Å². The van der Waals surface area contributed by atoms with E-state index in [1.54, 1.807) is 18.2 Å². The van der Waals surface area contributed by atoms with Crippen molar-refractivity contribution >= 4 is 17.6 Å². The van der Waals surface area contributed by atoms with Crippen molar-refractivity contribution in [2.45, 2.75) is 41.0 Å². The molecule has 1 aromatic carbocycles. The maximum atomic E-state index is 11.2. The summed E-state index contributed by atoms with van der Waals surface area (Å²) >= 11 is 5.79. The lowest BCUT2D eigenvalue weighted by molar-refractivity contribution is 0.0599. The van der Waals surface area contributed by atoms with E-state index in [4.69, 9.17) is 11.6 Å². The Kier molecular flexibility index (Phi) is 12.4. The molecule has 0 aliphatic carbocycles. The Hall–Kier alpha value is -1.02. The van der Waals surface area contributed by atoms with E-state index in [1.165, 1.54) is 7.11 Å². The van der Waals surface area contributed by atoms with Gasteiger partial charge in [0.2, 0.25) is 0 Å². The van der Waals surface area contributed by atoms with Crippen LogP contribution in [-0.2, 0) is 11.2 Å². The molecule has 1 aromatic rings. The first-order valence-corrected chi connectivity index (χ1v) is 6.43. The number of esters is 1. The zero-order valence-electron chi connectivity index (χ0n) is 11.6. The molecule has 0 bridgehead atoms. The van der Waals surface area contributed by atoms with Gasteiger partial charge in [0.15, 0.2) is 0 Å². The molecule has 0 amide bonds. The number of ether oxygens (including phenoxy) is 1. The van der Waals surface area contributed by atoms with Crippen LogP contribution in [0.2, 0.25) is 5.02 Å². The predicted molar refractivity (Wildman–Crippen MR) is 74.9 cm³/mol. The van der Waals surface area contributed by atoms with Crippen molar-refractivity contribution in [2.24, 2.45) is 0 Å². The van der Waals surface area contributed by atoms with E-state index < -0.39 is 0 Å². The Morgan fingerprint density at radius 1 is 1.24 bits per heavy atom. The van der Waals surface area contributed by atoms with E-state index in [0.717, 1.165) is 12.0 Å². The monoisotopic (exact) mass is 258 g/mol. The van der Waals surface area contributed by atoms with E-state index in [9.17, 15) is 4.79 Å². The summed E-state index contributed by atoms with van der Waals surface area (Å²) in [4.78, 5) is 11.2. The number of rotatable bonds is 2. The fraction of sp³-hybridized carbons (Fsp3) is 0.500. The van der Waals surface area contributed by atoms with Gasteiger partial charge in [0.25, 0.3) is 0 Å². The Morgan fingerprint density at radius 2 is 1.76 bits per heavy atom. The lowest BCUT2D eigenvalue weighted by Gasteiger charge is -2.05. The number of halogens is 1. The van der Waals surface area contributed by atoms with Gasteiger partial charge >= 0.3 is 5.97 Å². The summed E-state index contributed by atoms with van der Waals surface area (Å²) in [5, 5.41) is 0.643. The van der Waals surface area contributed by atoms with Gasteiger partial charge in [-0.15, -0.1) is 0 Å². The van der Waals surface area contributed by atoms with Crippen LogP contribution in [0.25, 0.3) is 0 Å². The quantitative estimate of drug-likeness (QED) is 0.716. The van der Waals surface area contributed by atoms with E-state index in [1.807, 2.05) is 34.6 Å². The van der Waals surface area contributed by atoms with Crippen molar-refractivity contribution in [1.29, 1.82) is 0 Å². The van der Waals surface area contributed by atoms with Crippen molar-refractivity contribution in [2.75, 3.05) is 7.11 Å². The molecule has 0 N–H and O–H groups in total. The molecule has 0 atom stereocenters. The Bertz CT molecular complexity index is 322. The van der Waals surface area contributed by atoms with Crippen LogP contribution in [0.1, 0.15) is 50.5 Å². The van der Waals surface area contributed by atoms with Crippen LogP contribution in [-0.4, -0.2) is 13.1 Å². The van der Waals surface area contributed by atoms with Crippen LogP contribution in [0.4, 0.5) is 0 Å². The molecule has 0 saturated carbocycles. The van der Waals surface area contributed by atoms with Crippen LogP contribution >= 0.6 is 11.6 Å². The molecule has 0 unspecified atom stereocenters. The first kappa shape index (κ1) is 18.3. The molecule has 0 heterocycles. The molecule has 98 valence electrons. The van der Waals surface area contributed by atoms with Gasteiger partial charge in [-0.2, -0.15) is 0 Å². The Morgan fingerprint density at radius 3 is 2.18 bits per heavy atom. The van der Waals surface area contributed by atoms with E-state index >= 15 is 0 Å². The van der Waals surface area contributed by atoms with Gasteiger partial charge in [0.1, 0.15) is 0 Å². The number of carbonyl (C=O) groups excluding carboxylic acids is 1. The van der Waals surface area contributed by atoms with Crippen molar-refractivity contribution in [3.05, 3.63) is 34.3 Å². The largest absolute Gasteiger partial charge is 0.465 e. The molecule has 17 heavy (non-hydrogen) atoms. The number of hydrogen-bond donors (Lipinski definition) is 0. The number of methoxy groups -OCH3 is 1. The van der Waals surface area contributed by atoms with Crippen molar-refractivity contribution < 1.29 is 9.53 Å². The molecule has 1 rings (SSSR count). The van der Waals surface area contributed by atoms with E-state index in [-0.39, 0.29) is 5.97 Å². The molecule has 3 heteroatoms. The van der Waals surface area contributed by atoms with Gasteiger partial charge in [-0.3, -0.25) is 0 Å². The zero-order chi connectivity index (χ0) is 13.8. The van der Waals surface area contributed by atoms with Crippen LogP contribution in [0.15, 0.2) is 18.2 Å². The lowest BCUT2D eigenvalue weighted by atomic mass is 10.1. The van der Waals surface area contributed by atoms with Crippen LogP contribution < -0.4 is 0 Å². The summed E-state index contributed by atoms with van der Waals surface area (Å²) in [7, 11) is 1.37. The van der Waals surface area contributed by atoms with Crippen molar-refractivity contribution in [3.63, 3.8) is 0 Å². The number of aryl methyl sites for hydroxylation is 1. The molecule has 0 saturated heterocycles. The maximum Gasteiger partial charge on any atom is 0.338 e. The average molecular weight is 259 g/mol. The zero-order valence-corrected chi connectivity index (χ0v) is 12.4. The lowest BCUT2D eigenvalue weighted by Crippen LogP contribution is -2.04. The molecular weight excluding hydrogens is 236 g/mol. The van der Waals surface area contributed by atoms with E-state index in [2.05, 4.69) is 4.74 Å². The van der Waals surface area contributed by atoms with Crippen molar-refractivity contribution in [1.82, 2.24) is 0 Å². The minimum Gasteiger partial charge on any atom is -0.465 e. The second kappa shape index (κ2) is 11.5. The van der Waals surface area contributed by atoms with Crippen molar-refractivity contribution in [3.8, 4) is 0 Å². The van der Waals surface area contributed by atoms with Crippen LogP contribution in [0.5, 0.6) is 0 Å². The SMILES string of the molecule is CC.CC.CCc1cc(Cl)ccc1C(=O)OC. The number of benzene rings is 1. The highest BCUT2D eigenvalue weighted by Gasteiger charge is 2.09. The first-order chi connectivity index (χ1) is 8.19. The summed E-state index contributed by atoms with van der Waals surface area (Å²) < 4.78 is 4.64. The van der Waals surface area contributed by atoms with Crippen LogP contribution in [0.3, 0.4) is 0 Å². The maximum absolute atomic E-state index is 11.2. The Balaban J connectivity index is 0. The Labute approximate surface area is 110 Å². The number of carbonyl (C=O) groups is 1. The molecule has 2 nitrogen and oxygen atoms in total. The fourth-order valence-electron chi connectivity index (χ4n) is 1.16. The normalized spacial score (nSPS) is 8.18. The third-order valence-electron chi connectivity index (χ3n) is 1.85. The smallest absolute Gasteiger partial charge is 0.338 e. The highest BCUT2D eigenvalue weighted by Crippen LogP contribution is 2.17. The van der Waals surface area contributed by atoms with Gasteiger partial charge in [0.05, 0.1) is 12.7 Å². The van der Waals surface area contributed by atoms with Gasteiger partial charge in [-0.25, -0.2) is 4.79 Å². The molecular formula is C14H23ClO2. The summed E-state index contributed by atoms with van der Waals surface area (Å²) in [6, 6.07) is 5.16. The highest BCUT2D eigenvalue weighted by atomic mass is 35.5. The first-order valence-electron chi connectivity index (χ1n) is 6.05. The highest BCUT2D eigenvalue weighted by molar-refractivity contribution is 6.30. The second-order valence-corrected chi connectivity index (χ2v) is 3.08. The standard InChI is InChI=1S/C10H11ClO2.2C2H6/c1-3-7-6-8(11)4-5-9(7)10(12)13-2;2*1-2/h4-6H,3H2,1-2H3;2*1-2H3. The third-order valence-corrected chi connectivity index (χ3v) is 2.09. The summed E-state index contributed by atoms with van der Waals surface area (Å²) in [5.41, 5.74) is 1.51. The molecule has 0 radical (unpaired) electrons. The molecule has 0 aliphatic heterocycles. The third kappa shape index (κ3) is 6.32. The van der Waals surface area contributed by atoms with E-state index in [0.29, 0.717) is 10.6 Å².